The van der Waals surface area contributed by atoms with E-state index in [1.54, 1.807) is 0 Å². The highest BCUT2D eigenvalue weighted by Crippen LogP contribution is 2.72. The average molecular weight is 457 g/mol. The van der Waals surface area contributed by atoms with E-state index in [9.17, 15) is 27.9 Å². The molecule has 5 rings (SSSR count). The second-order valence-electron chi connectivity index (χ2n) is 7.90. The van der Waals surface area contributed by atoms with Gasteiger partial charge in [-0.25, -0.2) is 13.2 Å². The maximum atomic E-state index is 13.7. The summed E-state index contributed by atoms with van der Waals surface area (Å²) in [4.78, 5) is 24.3. The highest BCUT2D eigenvalue weighted by Gasteiger charge is 2.66. The lowest BCUT2D eigenvalue weighted by Gasteiger charge is -2.67. The van der Waals surface area contributed by atoms with Gasteiger partial charge in [0.15, 0.2) is 5.82 Å². The van der Waals surface area contributed by atoms with Gasteiger partial charge in [0.05, 0.1) is 22.7 Å². The van der Waals surface area contributed by atoms with Gasteiger partial charge in [-0.3, -0.25) is 9.59 Å². The summed E-state index contributed by atoms with van der Waals surface area (Å²) in [7, 11) is 0. The molecule has 2 heterocycles. The summed E-state index contributed by atoms with van der Waals surface area (Å²) in [6.07, 6.45) is 0.694. The van der Waals surface area contributed by atoms with Gasteiger partial charge in [-0.1, -0.05) is 23.4 Å². The highest BCUT2D eigenvalue weighted by atomic mass is 35.5. The van der Waals surface area contributed by atoms with Crippen molar-refractivity contribution < 1.29 is 23.1 Å². The molecule has 1 amide bonds. The molecule has 3 aliphatic rings. The Kier molecular flexibility index (Phi) is 5.21. The molecule has 0 aliphatic heterocycles. The Balaban J connectivity index is 1.48. The zero-order valence-corrected chi connectivity index (χ0v) is 17.0. The maximum absolute atomic E-state index is 13.7. The van der Waals surface area contributed by atoms with E-state index >= 15 is 0 Å². The molecule has 10 heteroatoms. The third-order valence-electron chi connectivity index (χ3n) is 5.48. The molecule has 2 bridgehead atoms. The van der Waals surface area contributed by atoms with E-state index in [0.29, 0.717) is 14.5 Å². The van der Waals surface area contributed by atoms with Crippen LogP contribution < -0.4 is 10.9 Å². The zero-order valence-electron chi connectivity index (χ0n) is 15.5. The van der Waals surface area contributed by atoms with Crippen molar-refractivity contribution in [2.75, 3.05) is 11.9 Å². The van der Waals surface area contributed by atoms with Gasteiger partial charge in [0, 0.05) is 24.3 Å². The van der Waals surface area contributed by atoms with Crippen LogP contribution in [0.2, 0.25) is 4.34 Å². The molecule has 0 spiro atoms. The number of amides is 1. The van der Waals surface area contributed by atoms with Crippen LogP contribution in [0.4, 0.5) is 18.9 Å². The molecule has 5 nitrogen and oxygen atoms in total. The molecule has 0 unspecified atom stereocenters. The second-order valence-corrected chi connectivity index (χ2v) is 9.55. The van der Waals surface area contributed by atoms with E-state index in [4.69, 9.17) is 11.6 Å². The molecular weight excluding hydrogens is 441 g/mol. The van der Waals surface area contributed by atoms with Crippen LogP contribution in [0.15, 0.2) is 23.1 Å². The number of alkyl halides is 2. The summed E-state index contributed by atoms with van der Waals surface area (Å²) in [5, 5.41) is 11.7. The van der Waals surface area contributed by atoms with Crippen molar-refractivity contribution in [3.05, 3.63) is 49.3 Å². The minimum Gasteiger partial charge on any atom is -0.396 e. The van der Waals surface area contributed by atoms with Gasteiger partial charge in [0.1, 0.15) is 4.34 Å². The Labute approximate surface area is 178 Å². The second kappa shape index (κ2) is 7.45. The van der Waals surface area contributed by atoms with Gasteiger partial charge < -0.3 is 15.0 Å². The molecule has 0 radical (unpaired) electrons. The Bertz CT molecular complexity index is 1130. The number of hydrogen-bond donors (Lipinski definition) is 2. The largest absolute Gasteiger partial charge is 0.396 e. The standard InChI is InChI=1S/C20H16ClF3N2O3S/c21-16-11(1-2-19-7-20(8-19,9-19)10-27)3-14(30-16)17(28)25-12-4-13(22)18(29)26(5-12)6-15(23)24/h3-5,15,27H,6-10H2,(H,25,28). The minimum absolute atomic E-state index is 0.0360. The topological polar surface area (TPSA) is 71.3 Å². The number of aromatic nitrogens is 1. The van der Waals surface area contributed by atoms with Crippen molar-refractivity contribution in [1.29, 1.82) is 0 Å². The van der Waals surface area contributed by atoms with Crippen LogP contribution in [0.5, 0.6) is 0 Å². The molecule has 2 aromatic rings. The van der Waals surface area contributed by atoms with Gasteiger partial charge in [-0.2, -0.15) is 0 Å². The SMILES string of the molecule is O=C(Nc1cc(F)c(=O)n(CC(F)F)c1)c1cc(C#CC23CC(CO)(C2)C3)c(Cl)s1. The van der Waals surface area contributed by atoms with Crippen molar-refractivity contribution in [3.8, 4) is 11.8 Å². The molecule has 2 N–H and O–H groups in total. The van der Waals surface area contributed by atoms with E-state index in [-0.39, 0.29) is 28.0 Å². The van der Waals surface area contributed by atoms with Gasteiger partial charge >= 0.3 is 0 Å². The third-order valence-corrected chi connectivity index (χ3v) is 6.84. The van der Waals surface area contributed by atoms with Gasteiger partial charge in [-0.05, 0) is 30.7 Å². The van der Waals surface area contributed by atoms with E-state index < -0.39 is 30.3 Å². The molecular formula is C20H16ClF3N2O3S. The van der Waals surface area contributed by atoms with Gasteiger partial charge in [-0.15, -0.1) is 11.3 Å². The first-order chi connectivity index (χ1) is 14.1. The Morgan fingerprint density at radius 1 is 1.37 bits per heavy atom. The number of aliphatic hydroxyl groups excluding tert-OH is 1. The van der Waals surface area contributed by atoms with Crippen LogP contribution >= 0.6 is 22.9 Å². The minimum atomic E-state index is -2.85. The first-order valence-electron chi connectivity index (χ1n) is 9.07. The van der Waals surface area contributed by atoms with Gasteiger partial charge in [0.2, 0.25) is 0 Å². The lowest BCUT2D eigenvalue weighted by molar-refractivity contribution is -0.185. The van der Waals surface area contributed by atoms with Crippen molar-refractivity contribution >= 4 is 34.5 Å². The fraction of sp³-hybridized carbons (Fsp3) is 0.400. The van der Waals surface area contributed by atoms with E-state index in [0.717, 1.165) is 42.9 Å². The molecule has 30 heavy (non-hydrogen) atoms. The fourth-order valence-corrected chi connectivity index (χ4v) is 5.29. The summed E-state index contributed by atoms with van der Waals surface area (Å²) in [5.74, 6) is 4.32. The molecule has 0 saturated heterocycles. The van der Waals surface area contributed by atoms with Gasteiger partial charge in [0.25, 0.3) is 17.9 Å². The Hall–Kier alpha value is -2.28. The number of hydrogen-bond acceptors (Lipinski definition) is 4. The molecule has 158 valence electrons. The number of rotatable bonds is 5. The Morgan fingerprint density at radius 2 is 2.07 bits per heavy atom. The van der Waals surface area contributed by atoms with Crippen LogP contribution in [0.1, 0.15) is 34.5 Å². The normalized spacial score (nSPS) is 23.9. The van der Waals surface area contributed by atoms with E-state index in [2.05, 4.69) is 17.2 Å². The highest BCUT2D eigenvalue weighted by molar-refractivity contribution is 7.18. The Morgan fingerprint density at radius 3 is 2.70 bits per heavy atom. The summed E-state index contributed by atoms with van der Waals surface area (Å²) < 4.78 is 39.7. The van der Waals surface area contributed by atoms with Crippen molar-refractivity contribution in [1.82, 2.24) is 4.57 Å². The number of carbonyl (C=O) groups is 1. The first kappa shape index (κ1) is 21.0. The number of halogens is 4. The van der Waals surface area contributed by atoms with E-state index in [1.165, 1.54) is 6.07 Å². The lowest BCUT2D eigenvalue weighted by atomic mass is 9.36. The first-order valence-corrected chi connectivity index (χ1v) is 10.3. The fourth-order valence-electron chi connectivity index (χ4n) is 4.21. The average Bonchev–Trinajstić information content (AvgIpc) is 2.98. The smallest absolute Gasteiger partial charge is 0.286 e. The van der Waals surface area contributed by atoms with Crippen LogP contribution in [0.25, 0.3) is 0 Å². The molecule has 2 aromatic heterocycles. The monoisotopic (exact) mass is 456 g/mol. The molecule has 3 saturated carbocycles. The maximum Gasteiger partial charge on any atom is 0.286 e. The summed E-state index contributed by atoms with van der Waals surface area (Å²) in [6, 6.07) is 2.28. The number of nitrogens with zero attached hydrogens (tertiary/aromatic N) is 1. The molecule has 0 aromatic carbocycles. The number of carbonyl (C=O) groups excluding carboxylic acids is 1. The third kappa shape index (κ3) is 3.75. The predicted octanol–water partition coefficient (Wildman–Crippen LogP) is 3.73. The van der Waals surface area contributed by atoms with Crippen molar-refractivity contribution in [3.63, 3.8) is 0 Å². The number of pyridine rings is 1. The zero-order chi connectivity index (χ0) is 21.7. The van der Waals surface area contributed by atoms with Crippen LogP contribution in [-0.2, 0) is 6.54 Å². The molecule has 3 fully saturated rings. The molecule has 0 atom stereocenters. The summed E-state index contributed by atoms with van der Waals surface area (Å²) in [5.41, 5.74) is -0.872. The van der Waals surface area contributed by atoms with Crippen LogP contribution in [0.3, 0.4) is 0 Å². The lowest BCUT2D eigenvalue weighted by Crippen LogP contribution is -2.62. The summed E-state index contributed by atoms with van der Waals surface area (Å²) in [6.45, 7) is -0.811. The van der Waals surface area contributed by atoms with Crippen LogP contribution in [0, 0.1) is 28.5 Å². The number of thiophene rings is 1. The van der Waals surface area contributed by atoms with Crippen molar-refractivity contribution in [2.45, 2.75) is 32.2 Å². The van der Waals surface area contributed by atoms with Crippen LogP contribution in [-0.4, -0.2) is 28.6 Å². The quantitative estimate of drug-likeness (QED) is 0.673. The number of aliphatic hydroxyl groups is 1. The molecule has 3 aliphatic carbocycles. The predicted molar refractivity (Wildman–Crippen MR) is 107 cm³/mol. The van der Waals surface area contributed by atoms with Crippen molar-refractivity contribution in [2.24, 2.45) is 10.8 Å². The van der Waals surface area contributed by atoms with E-state index in [1.807, 2.05) is 0 Å². The number of anilines is 1. The summed E-state index contributed by atoms with van der Waals surface area (Å²) >= 11 is 7.17. The number of nitrogens with one attached hydrogen (secondary N) is 1.